The van der Waals surface area contributed by atoms with Crippen molar-refractivity contribution in [3.8, 4) is 0 Å². The SMILES string of the molecule is CCOC(=O)[C@@H]1CCN(c2nc(Br)cs2)[C@@H](C)C1. The minimum absolute atomic E-state index is 0.0413. The molecule has 1 aromatic heterocycles. The number of carbonyl (C=O) groups excluding carboxylic acids is 1. The van der Waals surface area contributed by atoms with E-state index in [1.807, 2.05) is 12.3 Å². The minimum atomic E-state index is -0.0516. The van der Waals surface area contributed by atoms with Crippen molar-refractivity contribution in [3.63, 3.8) is 0 Å². The number of anilines is 1. The second-order valence-corrected chi connectivity index (χ2v) is 6.12. The molecule has 1 saturated heterocycles. The molecule has 18 heavy (non-hydrogen) atoms. The monoisotopic (exact) mass is 332 g/mol. The van der Waals surface area contributed by atoms with E-state index >= 15 is 0 Å². The van der Waals surface area contributed by atoms with Gasteiger partial charge in [-0.3, -0.25) is 4.79 Å². The van der Waals surface area contributed by atoms with Crippen molar-refractivity contribution in [2.24, 2.45) is 5.92 Å². The summed E-state index contributed by atoms with van der Waals surface area (Å²) in [6, 6.07) is 0.325. The van der Waals surface area contributed by atoms with Crippen LogP contribution in [0, 0.1) is 5.92 Å². The Balaban J connectivity index is 1.98. The molecular weight excluding hydrogens is 316 g/mol. The van der Waals surface area contributed by atoms with Crippen LogP contribution in [-0.4, -0.2) is 30.1 Å². The Labute approximate surface area is 119 Å². The number of aromatic nitrogens is 1. The van der Waals surface area contributed by atoms with Crippen molar-refractivity contribution in [2.75, 3.05) is 18.1 Å². The Morgan fingerprint density at radius 1 is 1.72 bits per heavy atom. The molecule has 0 amide bonds. The molecule has 0 bridgehead atoms. The number of esters is 1. The highest BCUT2D eigenvalue weighted by atomic mass is 79.9. The van der Waals surface area contributed by atoms with Gasteiger partial charge in [0.15, 0.2) is 5.13 Å². The van der Waals surface area contributed by atoms with Crippen LogP contribution in [0.5, 0.6) is 0 Å². The van der Waals surface area contributed by atoms with E-state index in [-0.39, 0.29) is 11.9 Å². The molecule has 4 nitrogen and oxygen atoms in total. The van der Waals surface area contributed by atoms with E-state index in [1.54, 1.807) is 11.3 Å². The van der Waals surface area contributed by atoms with Crippen LogP contribution in [0.15, 0.2) is 9.98 Å². The van der Waals surface area contributed by atoms with Crippen LogP contribution < -0.4 is 4.90 Å². The van der Waals surface area contributed by atoms with E-state index in [4.69, 9.17) is 4.74 Å². The van der Waals surface area contributed by atoms with Crippen molar-refractivity contribution in [3.05, 3.63) is 9.98 Å². The number of hydrogen-bond donors (Lipinski definition) is 0. The largest absolute Gasteiger partial charge is 0.466 e. The summed E-state index contributed by atoms with van der Waals surface area (Å²) in [6.07, 6.45) is 1.69. The van der Waals surface area contributed by atoms with Gasteiger partial charge in [-0.25, -0.2) is 4.98 Å². The van der Waals surface area contributed by atoms with Crippen molar-refractivity contribution < 1.29 is 9.53 Å². The van der Waals surface area contributed by atoms with E-state index in [1.165, 1.54) is 0 Å². The highest BCUT2D eigenvalue weighted by Gasteiger charge is 2.31. The fourth-order valence-electron chi connectivity index (χ4n) is 2.31. The fourth-order valence-corrected chi connectivity index (χ4v) is 3.69. The summed E-state index contributed by atoms with van der Waals surface area (Å²) in [7, 11) is 0. The van der Waals surface area contributed by atoms with Gasteiger partial charge in [0.2, 0.25) is 0 Å². The third-order valence-corrected chi connectivity index (χ3v) is 4.79. The first-order valence-electron chi connectivity index (χ1n) is 6.16. The van der Waals surface area contributed by atoms with E-state index in [0.29, 0.717) is 12.6 Å². The predicted molar refractivity (Wildman–Crippen MR) is 76.0 cm³/mol. The van der Waals surface area contributed by atoms with Crippen molar-refractivity contribution in [1.82, 2.24) is 4.98 Å². The van der Waals surface area contributed by atoms with Crippen LogP contribution in [-0.2, 0) is 9.53 Å². The zero-order valence-electron chi connectivity index (χ0n) is 10.6. The summed E-state index contributed by atoms with van der Waals surface area (Å²) in [5, 5.41) is 3.01. The van der Waals surface area contributed by atoms with Gasteiger partial charge < -0.3 is 9.64 Å². The maximum atomic E-state index is 11.7. The molecule has 100 valence electrons. The number of carbonyl (C=O) groups is 1. The number of nitrogens with zero attached hydrogens (tertiary/aromatic N) is 2. The van der Waals surface area contributed by atoms with Crippen LogP contribution in [0.3, 0.4) is 0 Å². The molecule has 0 unspecified atom stereocenters. The predicted octanol–water partition coefficient (Wildman–Crippen LogP) is 3.07. The van der Waals surface area contributed by atoms with Crippen LogP contribution in [0.2, 0.25) is 0 Å². The highest BCUT2D eigenvalue weighted by Crippen LogP contribution is 2.31. The first-order valence-corrected chi connectivity index (χ1v) is 7.83. The number of piperidine rings is 1. The average Bonchev–Trinajstić information content (AvgIpc) is 2.76. The third-order valence-electron chi connectivity index (χ3n) is 3.21. The molecule has 0 radical (unpaired) electrons. The first kappa shape index (κ1) is 13.8. The molecule has 1 aliphatic heterocycles. The van der Waals surface area contributed by atoms with Crippen molar-refractivity contribution in [2.45, 2.75) is 32.7 Å². The number of halogens is 1. The maximum absolute atomic E-state index is 11.7. The maximum Gasteiger partial charge on any atom is 0.309 e. The topological polar surface area (TPSA) is 42.4 Å². The van der Waals surface area contributed by atoms with Gasteiger partial charge in [-0.15, -0.1) is 11.3 Å². The van der Waals surface area contributed by atoms with Crippen LogP contribution in [0.25, 0.3) is 0 Å². The number of rotatable bonds is 3. The van der Waals surface area contributed by atoms with E-state index in [2.05, 4.69) is 32.7 Å². The van der Waals surface area contributed by atoms with Gasteiger partial charge >= 0.3 is 5.97 Å². The van der Waals surface area contributed by atoms with Gasteiger partial charge in [0.05, 0.1) is 12.5 Å². The normalized spacial score (nSPS) is 24.1. The van der Waals surface area contributed by atoms with Gasteiger partial charge in [-0.05, 0) is 42.6 Å². The molecule has 0 N–H and O–H groups in total. The molecule has 0 aromatic carbocycles. The van der Waals surface area contributed by atoms with Gasteiger partial charge in [-0.2, -0.15) is 0 Å². The summed E-state index contributed by atoms with van der Waals surface area (Å²) >= 11 is 5.00. The molecule has 2 rings (SSSR count). The Morgan fingerprint density at radius 3 is 3.06 bits per heavy atom. The zero-order valence-corrected chi connectivity index (χ0v) is 13.0. The fraction of sp³-hybridized carbons (Fsp3) is 0.667. The summed E-state index contributed by atoms with van der Waals surface area (Å²) in [6.45, 7) is 5.32. The minimum Gasteiger partial charge on any atom is -0.466 e. The lowest BCUT2D eigenvalue weighted by Crippen LogP contribution is -2.43. The molecule has 6 heteroatoms. The lowest BCUT2D eigenvalue weighted by molar-refractivity contribution is -0.149. The summed E-state index contributed by atoms with van der Waals surface area (Å²) in [5.41, 5.74) is 0. The van der Waals surface area contributed by atoms with E-state index in [9.17, 15) is 4.79 Å². The smallest absolute Gasteiger partial charge is 0.309 e. The second kappa shape index (κ2) is 6.02. The van der Waals surface area contributed by atoms with Gasteiger partial charge in [-0.1, -0.05) is 0 Å². The highest BCUT2D eigenvalue weighted by molar-refractivity contribution is 9.10. The lowest BCUT2D eigenvalue weighted by Gasteiger charge is -2.36. The Hall–Kier alpha value is -0.620. The molecule has 1 aliphatic rings. The number of ether oxygens (including phenoxy) is 1. The van der Waals surface area contributed by atoms with Gasteiger partial charge in [0.1, 0.15) is 4.60 Å². The average molecular weight is 333 g/mol. The van der Waals surface area contributed by atoms with Crippen LogP contribution >= 0.6 is 27.3 Å². The van der Waals surface area contributed by atoms with Gasteiger partial charge in [0.25, 0.3) is 0 Å². The number of hydrogen-bond acceptors (Lipinski definition) is 5. The number of thiazole rings is 1. The molecule has 0 aliphatic carbocycles. The standard InChI is InChI=1S/C12H17BrN2O2S/c1-3-17-11(16)9-4-5-15(8(2)6-9)12-14-10(13)7-18-12/h7-9H,3-6H2,1-2H3/t8-,9+/m0/s1. The van der Waals surface area contributed by atoms with Crippen LogP contribution in [0.1, 0.15) is 26.7 Å². The Kier molecular flexibility index (Phi) is 4.61. The Morgan fingerprint density at radius 2 is 2.50 bits per heavy atom. The lowest BCUT2D eigenvalue weighted by atomic mass is 9.92. The second-order valence-electron chi connectivity index (χ2n) is 4.47. The molecule has 1 aromatic rings. The van der Waals surface area contributed by atoms with E-state index in [0.717, 1.165) is 29.1 Å². The van der Waals surface area contributed by atoms with E-state index < -0.39 is 0 Å². The molecule has 2 heterocycles. The first-order chi connectivity index (χ1) is 8.61. The molecule has 0 saturated carbocycles. The summed E-state index contributed by atoms with van der Waals surface area (Å²) < 4.78 is 5.97. The molecule has 1 fully saturated rings. The summed E-state index contributed by atoms with van der Waals surface area (Å²) in [4.78, 5) is 18.4. The molecular formula is C12H17BrN2O2S. The van der Waals surface area contributed by atoms with Crippen molar-refractivity contribution >= 4 is 38.4 Å². The molecule has 2 atom stereocenters. The summed E-state index contributed by atoms with van der Waals surface area (Å²) in [5.74, 6) is -0.0103. The van der Waals surface area contributed by atoms with Crippen LogP contribution in [0.4, 0.5) is 5.13 Å². The molecule has 0 spiro atoms. The Bertz CT molecular complexity index is 424. The zero-order chi connectivity index (χ0) is 13.1. The quantitative estimate of drug-likeness (QED) is 0.798. The van der Waals surface area contributed by atoms with Gasteiger partial charge in [0, 0.05) is 18.0 Å². The van der Waals surface area contributed by atoms with Crippen molar-refractivity contribution in [1.29, 1.82) is 0 Å². The third kappa shape index (κ3) is 3.03.